The van der Waals surface area contributed by atoms with Crippen LogP contribution in [0.5, 0.6) is 0 Å². The number of thioether (sulfide) groups is 1. The molecular formula is C61H74Cl3FN6O3S3. The molecule has 3 amide bonds. The van der Waals surface area contributed by atoms with E-state index in [1.165, 1.54) is 28.5 Å². The van der Waals surface area contributed by atoms with Gasteiger partial charge in [0.2, 0.25) is 0 Å². The Hall–Kier alpha value is -5.76. The topological polar surface area (TPSA) is 138 Å². The molecule has 0 atom stereocenters. The van der Waals surface area contributed by atoms with Gasteiger partial charge in [0.05, 0.1) is 45.8 Å². The number of carbonyl (C=O) groups is 3. The molecule has 0 unspecified atom stereocenters. The van der Waals surface area contributed by atoms with Crippen molar-refractivity contribution in [3.8, 4) is 0 Å². The van der Waals surface area contributed by atoms with Crippen molar-refractivity contribution in [2.75, 3.05) is 24.0 Å². The summed E-state index contributed by atoms with van der Waals surface area (Å²) in [5.41, 5.74) is 16.2. The first kappa shape index (κ1) is 67.3. The second-order valence-electron chi connectivity index (χ2n) is 20.2. The van der Waals surface area contributed by atoms with Crippen molar-refractivity contribution in [1.82, 2.24) is 10.6 Å². The number of carbonyl (C=O) groups excluding carboxylic acids is 3. The van der Waals surface area contributed by atoms with Crippen LogP contribution in [-0.2, 0) is 16.2 Å². The molecule has 6 aromatic carbocycles. The number of nitrogens with zero attached hydrogens (tertiary/aromatic N) is 2. The van der Waals surface area contributed by atoms with Crippen LogP contribution in [0.4, 0.5) is 21.5 Å². The predicted octanol–water partition coefficient (Wildman–Crippen LogP) is 17.9. The molecule has 0 spiro atoms. The molecule has 0 saturated carbocycles. The van der Waals surface area contributed by atoms with Crippen LogP contribution >= 0.6 is 71.0 Å². The van der Waals surface area contributed by atoms with Crippen LogP contribution in [0.2, 0.25) is 15.1 Å². The summed E-state index contributed by atoms with van der Waals surface area (Å²) >= 11 is 29.0. The molecule has 0 aliphatic carbocycles. The number of halogens is 4. The molecule has 0 aliphatic rings. The van der Waals surface area contributed by atoms with E-state index in [2.05, 4.69) is 106 Å². The molecule has 0 radical (unpaired) electrons. The number of rotatable bonds is 6. The molecule has 0 aromatic heterocycles. The minimum Gasteiger partial charge on any atom is -0.398 e. The van der Waals surface area contributed by atoms with E-state index in [9.17, 15) is 18.8 Å². The molecule has 412 valence electrons. The Labute approximate surface area is 488 Å². The minimum absolute atomic E-state index is 0. The molecule has 16 heteroatoms. The maximum atomic E-state index is 12.6. The Kier molecular flexibility index (Phi) is 28.7. The third-order valence-electron chi connectivity index (χ3n) is 10.7. The monoisotopic (exact) mass is 1160 g/mol. The highest BCUT2D eigenvalue weighted by molar-refractivity contribution is 8.13. The number of aryl methyl sites for hydroxylation is 3. The number of hydrogen-bond donors (Lipinski definition) is 4. The number of anilines is 2. The SMILES string of the molecule is C.CC(C)(C)c1ccc(C(=O)N=C=S)cc1.CCSC(=Nc1cc(C)ccc1Cl)NC(=O)c1ccc(C(C)(C)C)cc1.Cc1ccc(Cl)c(N)c1.Cc1ccc(Cl)c(NC(=S)NC(=O)c2ccc(C(C)(C)C)cc2)c1.[2H]CF. The quantitative estimate of drug-likeness (QED) is 0.0560. The first-order valence-electron chi connectivity index (χ1n) is 24.6. The number of aliphatic imine (C=N–C) groups is 2. The van der Waals surface area contributed by atoms with Crippen molar-refractivity contribution in [2.45, 2.75) is 114 Å². The predicted molar refractivity (Wildman–Crippen MR) is 338 cm³/mol. The molecule has 9 nitrogen and oxygen atoms in total. The summed E-state index contributed by atoms with van der Waals surface area (Å²) in [5.74, 6) is 0.0297. The van der Waals surface area contributed by atoms with Gasteiger partial charge in [0.25, 0.3) is 17.7 Å². The Morgan fingerprint density at radius 3 is 1.43 bits per heavy atom. The van der Waals surface area contributed by atoms with Crippen LogP contribution < -0.4 is 21.7 Å². The molecule has 6 aromatic rings. The molecule has 0 heterocycles. The summed E-state index contributed by atoms with van der Waals surface area (Å²) in [5, 5.41) is 13.1. The maximum absolute atomic E-state index is 12.6. The average molecular weight is 1160 g/mol. The second-order valence-corrected chi connectivity index (χ2v) is 23.2. The van der Waals surface area contributed by atoms with E-state index >= 15 is 0 Å². The number of nitrogens with one attached hydrogen (secondary N) is 3. The largest absolute Gasteiger partial charge is 0.398 e. The van der Waals surface area contributed by atoms with Crippen LogP contribution in [0.25, 0.3) is 0 Å². The van der Waals surface area contributed by atoms with E-state index < -0.39 is 7.15 Å². The van der Waals surface area contributed by atoms with Gasteiger partial charge in [0, 0.05) is 16.7 Å². The Balaban J connectivity index is 0.000000537. The zero-order valence-electron chi connectivity index (χ0n) is 46.5. The normalized spacial score (nSPS) is 11.0. The number of nitrogens with two attached hydrogens (primary N) is 1. The maximum Gasteiger partial charge on any atom is 0.285 e. The molecule has 6 rings (SSSR count). The van der Waals surface area contributed by atoms with E-state index in [4.69, 9.17) is 54.1 Å². The van der Waals surface area contributed by atoms with Gasteiger partial charge in [-0.05, 0) is 173 Å². The summed E-state index contributed by atoms with van der Waals surface area (Å²) in [6.07, 6.45) is 0. The van der Waals surface area contributed by atoms with Crippen molar-refractivity contribution in [1.29, 1.82) is 0 Å². The van der Waals surface area contributed by atoms with Gasteiger partial charge in [-0.25, -0.2) is 4.99 Å². The third-order valence-corrected chi connectivity index (χ3v) is 12.8. The van der Waals surface area contributed by atoms with E-state index in [-0.39, 0.29) is 46.5 Å². The molecular weight excluding hydrogens is 1090 g/mol. The standard InChI is InChI=1S/C21H25ClN2OS.C19H21ClN2OS.C12H13NOS.C7H8ClN.CH3F.CH4/c1-6-26-20(23-18-13-14(2)7-12-17(18)22)24-19(25)15-8-10-16(11-9-15)21(3,4)5;1-12-5-10-15(20)16(11-12)21-18(24)22-17(23)13-6-8-14(9-7-13)19(2,3)4;1-12(2,3)10-6-4-9(5-7-10)11(14)13-8-15;1-5-2-3-6(8)7(9)4-5;1-2;/h7-13H,6H2,1-5H3,(H,23,24,25);5-11H,1-4H3,(H2,21,22,23,24);4-7H,1-3H3;2-4H,9H2,1H3;1H3;1H4/i;;;;1D;. The van der Waals surface area contributed by atoms with Crippen molar-refractivity contribution < 1.29 is 20.1 Å². The van der Waals surface area contributed by atoms with Crippen molar-refractivity contribution in [2.24, 2.45) is 9.98 Å². The van der Waals surface area contributed by atoms with Gasteiger partial charge < -0.3 is 16.4 Å². The number of amidine groups is 1. The molecule has 77 heavy (non-hydrogen) atoms. The summed E-state index contributed by atoms with van der Waals surface area (Å²) < 4.78 is 15.5. The number of alkyl halides is 1. The van der Waals surface area contributed by atoms with E-state index in [0.29, 0.717) is 54.0 Å². The van der Waals surface area contributed by atoms with Crippen LogP contribution in [-0.4, -0.2) is 46.1 Å². The average Bonchev–Trinajstić information content (AvgIpc) is 3.35. The highest BCUT2D eigenvalue weighted by Crippen LogP contribution is 2.28. The Morgan fingerprint density at radius 2 is 1.03 bits per heavy atom. The summed E-state index contributed by atoms with van der Waals surface area (Å²) in [6, 6.07) is 39.4. The van der Waals surface area contributed by atoms with Crippen LogP contribution in [0.3, 0.4) is 0 Å². The molecule has 0 bridgehead atoms. The highest BCUT2D eigenvalue weighted by atomic mass is 35.5. The van der Waals surface area contributed by atoms with Crippen LogP contribution in [0.1, 0.15) is 142 Å². The van der Waals surface area contributed by atoms with Gasteiger partial charge in [-0.3, -0.25) is 24.1 Å². The molecule has 0 fully saturated rings. The second kappa shape index (κ2) is 32.9. The zero-order chi connectivity index (χ0) is 58.3. The smallest absolute Gasteiger partial charge is 0.285 e. The number of hydrogen-bond acceptors (Lipinski definition) is 8. The van der Waals surface area contributed by atoms with Gasteiger partial charge in [-0.15, -0.1) is 0 Å². The van der Waals surface area contributed by atoms with Gasteiger partial charge >= 0.3 is 0 Å². The lowest BCUT2D eigenvalue weighted by Crippen LogP contribution is -2.34. The van der Waals surface area contributed by atoms with Crippen LogP contribution in [0.15, 0.2) is 137 Å². The highest BCUT2D eigenvalue weighted by Gasteiger charge is 2.18. The molecule has 0 saturated heterocycles. The zero-order valence-corrected chi connectivity index (χ0v) is 50.2. The molecule has 5 N–H and O–H groups in total. The third kappa shape index (κ3) is 24.6. The van der Waals surface area contributed by atoms with Gasteiger partial charge in [-0.1, -0.05) is 178 Å². The fraction of sp³-hybridized carbons (Fsp3) is 0.311. The fourth-order valence-electron chi connectivity index (χ4n) is 6.41. The molecule has 0 aliphatic heterocycles. The first-order chi connectivity index (χ1) is 35.9. The van der Waals surface area contributed by atoms with E-state index in [1.807, 2.05) is 119 Å². The van der Waals surface area contributed by atoms with Gasteiger partial charge in [0.1, 0.15) is 0 Å². The van der Waals surface area contributed by atoms with Gasteiger partial charge in [-0.2, -0.15) is 4.99 Å². The minimum atomic E-state index is -1.00. The number of benzene rings is 6. The van der Waals surface area contributed by atoms with Crippen molar-refractivity contribution in [3.05, 3.63) is 193 Å². The van der Waals surface area contributed by atoms with Crippen molar-refractivity contribution in [3.63, 3.8) is 0 Å². The van der Waals surface area contributed by atoms with Crippen molar-refractivity contribution >= 4 is 121 Å². The lowest BCUT2D eigenvalue weighted by Gasteiger charge is -2.19. The number of thiocarbonyl (C=S) groups is 2. The lowest BCUT2D eigenvalue weighted by atomic mass is 9.86. The summed E-state index contributed by atoms with van der Waals surface area (Å²) in [6.45, 7) is 27.2. The summed E-state index contributed by atoms with van der Waals surface area (Å²) in [7, 11) is -1.00. The van der Waals surface area contributed by atoms with Gasteiger partial charge in [0.15, 0.2) is 10.3 Å². The number of amides is 3. The lowest BCUT2D eigenvalue weighted by molar-refractivity contribution is 0.0969. The fourth-order valence-corrected chi connectivity index (χ4v) is 7.74. The Morgan fingerprint density at radius 1 is 0.636 bits per heavy atom. The van der Waals surface area contributed by atoms with E-state index in [1.54, 1.807) is 36.4 Å². The first-order valence-corrected chi connectivity index (χ1v) is 26.9. The van der Waals surface area contributed by atoms with Crippen LogP contribution in [0, 0.1) is 20.8 Å². The number of nitrogen functional groups attached to an aromatic ring is 1. The number of isothiocyanates is 1. The summed E-state index contributed by atoms with van der Waals surface area (Å²) in [4.78, 5) is 44.2. The van der Waals surface area contributed by atoms with E-state index in [0.717, 1.165) is 22.4 Å². The Bertz CT molecular complexity index is 3010.